The van der Waals surface area contributed by atoms with Crippen LogP contribution in [-0.2, 0) is 0 Å². The summed E-state index contributed by atoms with van der Waals surface area (Å²) in [5.41, 5.74) is 4.32. The number of aromatic amines is 1. The first-order valence-corrected chi connectivity index (χ1v) is 18.5. The van der Waals surface area contributed by atoms with Crippen molar-refractivity contribution in [3.05, 3.63) is 78.0 Å². The topological polar surface area (TPSA) is 148 Å². The fraction of sp³-hybridized carbons (Fsp3) is 0.500. The SMILES string of the molecule is CC1CCCCN1c1nnc2ccc(OC3CCC(NC(=O)NC4=CC(C(C)(C)C)=N[N+]4(CCN(C)CCO)c4cn[nH]c4)c4ccccc43)cn12. The first kappa shape index (κ1) is 35.6. The van der Waals surface area contributed by atoms with Gasteiger partial charge in [0.2, 0.25) is 17.5 Å². The third-order valence-electron chi connectivity index (χ3n) is 10.6. The quantitative estimate of drug-likeness (QED) is 0.154. The number of aliphatic hydroxyl groups excluding tert-OH is 1. The molecule has 1 saturated heterocycles. The third kappa shape index (κ3) is 7.14. The van der Waals surface area contributed by atoms with Gasteiger partial charge in [-0.2, -0.15) is 5.10 Å². The van der Waals surface area contributed by atoms with E-state index in [1.165, 1.54) is 6.42 Å². The minimum Gasteiger partial charge on any atom is -0.484 e. The number of likely N-dealkylation sites (N-methyl/N-ethyl adjacent to an activating group) is 1. The highest BCUT2D eigenvalue weighted by Gasteiger charge is 2.46. The van der Waals surface area contributed by atoms with E-state index in [2.05, 4.69) is 80.7 Å². The summed E-state index contributed by atoms with van der Waals surface area (Å²) in [4.78, 5) is 18.3. The molecule has 5 heterocycles. The van der Waals surface area contributed by atoms with Crippen LogP contribution in [0, 0.1) is 5.41 Å². The van der Waals surface area contributed by atoms with Gasteiger partial charge in [-0.05, 0) is 69.3 Å². The molecule has 0 bridgehead atoms. The molecule has 4 aromatic rings. The van der Waals surface area contributed by atoms with Crippen LogP contribution in [0.15, 0.2) is 72.0 Å². The molecule has 7 rings (SSSR count). The molecular weight excluding hydrogens is 658 g/mol. The molecule has 1 fully saturated rings. The molecule has 52 heavy (non-hydrogen) atoms. The van der Waals surface area contributed by atoms with E-state index in [1.807, 2.05) is 54.2 Å². The van der Waals surface area contributed by atoms with E-state index in [1.54, 1.807) is 6.20 Å². The van der Waals surface area contributed by atoms with Crippen LogP contribution in [0.3, 0.4) is 0 Å². The highest BCUT2D eigenvalue weighted by Crippen LogP contribution is 2.40. The van der Waals surface area contributed by atoms with E-state index in [9.17, 15) is 9.90 Å². The van der Waals surface area contributed by atoms with Crippen molar-refractivity contribution in [3.63, 3.8) is 0 Å². The number of amides is 2. The second-order valence-electron chi connectivity index (χ2n) is 15.3. The standard InChI is InChI=1S/C38H51N11O3/c1-26-10-8-9-17-47(26)37-44-43-34-16-13-28(25-48(34)37)52-32-15-14-31(29-11-6-7-12-30(29)32)41-36(51)42-35-22-33(38(2,3)4)45-49(35,27-23-39-40-24-27)20-18-46(5)19-21-50/h6-7,11-13,16,22-26,31-32,50H,8-10,14-15,17-21H2,1-5H3,(H2-,39,40,41,42,45,51)/p+1. The Hall–Kier alpha value is -4.79. The van der Waals surface area contributed by atoms with Crippen molar-refractivity contribution >= 4 is 29.0 Å². The summed E-state index contributed by atoms with van der Waals surface area (Å²) in [6.07, 6.45) is 12.4. The molecule has 0 saturated carbocycles. The molecule has 1 aliphatic carbocycles. The van der Waals surface area contributed by atoms with E-state index in [4.69, 9.17) is 9.84 Å². The molecule has 0 spiro atoms. The van der Waals surface area contributed by atoms with Crippen LogP contribution < -0.4 is 24.9 Å². The van der Waals surface area contributed by atoms with Gasteiger partial charge in [0.1, 0.15) is 30.3 Å². The van der Waals surface area contributed by atoms with Crippen molar-refractivity contribution < 1.29 is 14.6 Å². The number of nitrogens with one attached hydrogen (secondary N) is 3. The van der Waals surface area contributed by atoms with Gasteiger partial charge in [-0.15, -0.1) is 14.8 Å². The zero-order valence-corrected chi connectivity index (χ0v) is 30.9. The lowest BCUT2D eigenvalue weighted by atomic mass is 9.85. The largest absolute Gasteiger partial charge is 0.484 e. The summed E-state index contributed by atoms with van der Waals surface area (Å²) in [6, 6.07) is 12.0. The Balaban J connectivity index is 1.09. The minimum absolute atomic E-state index is 0.0542. The molecule has 4 N–H and O–H groups in total. The minimum atomic E-state index is -0.303. The maximum absolute atomic E-state index is 13.9. The third-order valence-corrected chi connectivity index (χ3v) is 10.6. The van der Waals surface area contributed by atoms with Crippen LogP contribution in [0.25, 0.3) is 5.65 Å². The van der Waals surface area contributed by atoms with Crippen LogP contribution in [0.1, 0.15) is 83.1 Å². The summed E-state index contributed by atoms with van der Waals surface area (Å²) in [5.74, 6) is 2.26. The normalized spacial score (nSPS) is 23.4. The average molecular weight is 711 g/mol. The van der Waals surface area contributed by atoms with Crippen LogP contribution in [0.4, 0.5) is 16.4 Å². The summed E-state index contributed by atoms with van der Waals surface area (Å²) in [7, 11) is 1.97. The van der Waals surface area contributed by atoms with Crippen molar-refractivity contribution in [2.24, 2.45) is 10.5 Å². The van der Waals surface area contributed by atoms with Gasteiger partial charge < -0.3 is 20.1 Å². The molecule has 14 nitrogen and oxygen atoms in total. The first-order valence-electron chi connectivity index (χ1n) is 18.5. The van der Waals surface area contributed by atoms with Gasteiger partial charge >= 0.3 is 6.03 Å². The van der Waals surface area contributed by atoms with Crippen LogP contribution >= 0.6 is 0 Å². The van der Waals surface area contributed by atoms with E-state index in [0.29, 0.717) is 37.9 Å². The van der Waals surface area contributed by atoms with E-state index >= 15 is 0 Å². The molecule has 4 atom stereocenters. The van der Waals surface area contributed by atoms with Gasteiger partial charge in [0.15, 0.2) is 5.65 Å². The van der Waals surface area contributed by atoms with Crippen molar-refractivity contribution in [1.82, 2.24) is 44.9 Å². The zero-order chi connectivity index (χ0) is 36.5. The maximum atomic E-state index is 13.9. The predicted octanol–water partition coefficient (Wildman–Crippen LogP) is 5.27. The van der Waals surface area contributed by atoms with E-state index in [-0.39, 0.29) is 34.8 Å². The number of fused-ring (bicyclic) bond motifs is 2. The Morgan fingerprint density at radius 3 is 2.67 bits per heavy atom. The van der Waals surface area contributed by atoms with Gasteiger partial charge in [0.05, 0.1) is 31.6 Å². The van der Waals surface area contributed by atoms with Gasteiger partial charge in [-0.3, -0.25) is 19.7 Å². The fourth-order valence-electron chi connectivity index (χ4n) is 7.56. The van der Waals surface area contributed by atoms with Crippen molar-refractivity contribution in [2.75, 3.05) is 44.7 Å². The second kappa shape index (κ2) is 14.7. The maximum Gasteiger partial charge on any atom is 0.323 e. The number of piperidine rings is 1. The number of aromatic nitrogens is 5. The Labute approximate surface area is 305 Å². The van der Waals surface area contributed by atoms with E-state index < -0.39 is 0 Å². The number of rotatable bonds is 11. The van der Waals surface area contributed by atoms with Gasteiger partial charge in [0, 0.05) is 30.6 Å². The second-order valence-corrected chi connectivity index (χ2v) is 15.3. The molecule has 276 valence electrons. The Kier molecular flexibility index (Phi) is 10.1. The molecule has 3 aliphatic rings. The van der Waals surface area contributed by atoms with Gasteiger partial charge in [-0.25, -0.2) is 4.79 Å². The number of nitrogens with zero attached hydrogens (tertiary/aromatic N) is 8. The highest BCUT2D eigenvalue weighted by atomic mass is 16.5. The Bertz CT molecular complexity index is 1930. The van der Waals surface area contributed by atoms with Gasteiger partial charge in [0.25, 0.3) is 0 Å². The number of urea groups is 1. The summed E-state index contributed by atoms with van der Waals surface area (Å²) < 4.78 is 8.78. The van der Waals surface area contributed by atoms with Crippen molar-refractivity contribution in [3.8, 4) is 5.75 Å². The molecule has 14 heteroatoms. The monoisotopic (exact) mass is 710 g/mol. The predicted molar refractivity (Wildman–Crippen MR) is 202 cm³/mol. The zero-order valence-electron chi connectivity index (χ0n) is 30.9. The molecule has 1 aromatic carbocycles. The lowest BCUT2D eigenvalue weighted by Crippen LogP contribution is -2.53. The molecule has 3 aromatic heterocycles. The molecule has 4 unspecified atom stereocenters. The highest BCUT2D eigenvalue weighted by molar-refractivity contribution is 6.02. The Morgan fingerprint density at radius 1 is 1.10 bits per heavy atom. The first-order chi connectivity index (χ1) is 25.1. The number of hydrogen-bond donors (Lipinski definition) is 4. The van der Waals surface area contributed by atoms with E-state index in [0.717, 1.165) is 65.7 Å². The Morgan fingerprint density at radius 2 is 1.92 bits per heavy atom. The number of pyridine rings is 1. The van der Waals surface area contributed by atoms with Crippen LogP contribution in [0.2, 0.25) is 0 Å². The van der Waals surface area contributed by atoms with Crippen molar-refractivity contribution in [1.29, 1.82) is 0 Å². The van der Waals surface area contributed by atoms with Crippen LogP contribution in [0.5, 0.6) is 5.75 Å². The molecule has 2 amide bonds. The van der Waals surface area contributed by atoms with Gasteiger partial charge in [-0.1, -0.05) is 50.1 Å². The number of ether oxygens (including phenoxy) is 1. The lowest BCUT2D eigenvalue weighted by Gasteiger charge is -2.34. The average Bonchev–Trinajstić information content (AvgIpc) is 3.89. The number of quaternary nitrogens is 1. The number of hydrogen-bond acceptors (Lipinski definition) is 9. The molecule has 0 radical (unpaired) electrons. The number of benzene rings is 1. The summed E-state index contributed by atoms with van der Waals surface area (Å²) in [6.45, 7) is 11.3. The number of aliphatic hydroxyl groups is 1. The number of H-pyrrole nitrogens is 1. The summed E-state index contributed by atoms with van der Waals surface area (Å²) >= 11 is 0. The molecule has 2 aliphatic heterocycles. The summed E-state index contributed by atoms with van der Waals surface area (Å²) in [5, 5.41) is 37.4. The van der Waals surface area contributed by atoms with Crippen molar-refractivity contribution in [2.45, 2.75) is 78.0 Å². The number of carbonyl (C=O) groups excluding carboxylic acids is 1. The molecular formula is C38H52N11O3+. The number of carbonyl (C=O) groups is 1. The lowest BCUT2D eigenvalue weighted by molar-refractivity contribution is 0.170. The van der Waals surface area contributed by atoms with Crippen LogP contribution in [-0.4, -0.2) is 92.4 Å². The smallest absolute Gasteiger partial charge is 0.323 e. The number of allylic oxidation sites excluding steroid dienone is 1. The fourth-order valence-corrected chi connectivity index (χ4v) is 7.56. The number of anilines is 1.